The lowest BCUT2D eigenvalue weighted by atomic mass is 10.1. The van der Waals surface area contributed by atoms with E-state index in [0.717, 1.165) is 16.0 Å². The Labute approximate surface area is 150 Å². The molecule has 3 rings (SSSR count). The van der Waals surface area contributed by atoms with Crippen molar-refractivity contribution in [2.24, 2.45) is 0 Å². The highest BCUT2D eigenvalue weighted by molar-refractivity contribution is 7.98. The van der Waals surface area contributed by atoms with Gasteiger partial charge in [0.1, 0.15) is 11.6 Å². The molecule has 0 aliphatic heterocycles. The van der Waals surface area contributed by atoms with Crippen LogP contribution in [0.1, 0.15) is 5.56 Å². The van der Waals surface area contributed by atoms with Gasteiger partial charge in [-0.2, -0.15) is 5.26 Å². The lowest BCUT2D eigenvalue weighted by Gasteiger charge is -2.16. The van der Waals surface area contributed by atoms with Crippen LogP contribution in [0.3, 0.4) is 0 Å². The molecule has 126 valence electrons. The number of nitriles is 1. The van der Waals surface area contributed by atoms with E-state index in [1.54, 1.807) is 32.2 Å². The van der Waals surface area contributed by atoms with Gasteiger partial charge in [0.15, 0.2) is 11.5 Å². The number of methoxy groups -OCH3 is 2. The molecule has 0 spiro atoms. The number of hydrogen-bond acceptors (Lipinski definition) is 6. The van der Waals surface area contributed by atoms with Crippen molar-refractivity contribution in [2.75, 3.05) is 25.8 Å². The summed E-state index contributed by atoms with van der Waals surface area (Å²) in [5, 5.41) is 13.7. The predicted octanol–water partition coefficient (Wildman–Crippen LogP) is 4.59. The first-order valence-corrected chi connectivity index (χ1v) is 8.79. The fraction of sp³-hybridized carbons (Fsp3) is 0.158. The van der Waals surface area contributed by atoms with Gasteiger partial charge in [-0.05, 0) is 30.5 Å². The Hall–Kier alpha value is -2.91. The van der Waals surface area contributed by atoms with Crippen molar-refractivity contribution in [1.82, 2.24) is 4.98 Å². The van der Waals surface area contributed by atoms with Crippen molar-refractivity contribution in [3.05, 3.63) is 48.2 Å². The third-order valence-corrected chi connectivity index (χ3v) is 4.66. The largest absolute Gasteiger partial charge is 0.493 e. The SMILES string of the molecule is COc1ccc2c(Nc3ccccc3SC)c(C#N)cnc2c1OC. The number of nitrogens with one attached hydrogen (secondary N) is 1. The molecule has 0 radical (unpaired) electrons. The fourth-order valence-electron chi connectivity index (χ4n) is 2.68. The Morgan fingerprint density at radius 1 is 1.12 bits per heavy atom. The van der Waals surface area contributed by atoms with Gasteiger partial charge in [0.05, 0.1) is 31.2 Å². The Balaban J connectivity index is 2.24. The van der Waals surface area contributed by atoms with E-state index in [-0.39, 0.29) is 0 Å². The molecule has 0 aliphatic rings. The van der Waals surface area contributed by atoms with Crippen LogP contribution < -0.4 is 14.8 Å². The minimum Gasteiger partial charge on any atom is -0.493 e. The molecule has 0 aliphatic carbocycles. The van der Waals surface area contributed by atoms with E-state index in [1.165, 1.54) is 0 Å². The molecule has 0 fully saturated rings. The van der Waals surface area contributed by atoms with Gasteiger partial charge in [-0.25, -0.2) is 0 Å². The monoisotopic (exact) mass is 351 g/mol. The van der Waals surface area contributed by atoms with Gasteiger partial charge in [-0.3, -0.25) is 4.98 Å². The van der Waals surface area contributed by atoms with Crippen molar-refractivity contribution in [2.45, 2.75) is 4.90 Å². The molecule has 0 unspecified atom stereocenters. The van der Waals surface area contributed by atoms with Crippen molar-refractivity contribution in [1.29, 1.82) is 5.26 Å². The molecule has 5 nitrogen and oxygen atoms in total. The molecule has 1 heterocycles. The molecule has 1 N–H and O–H groups in total. The van der Waals surface area contributed by atoms with E-state index < -0.39 is 0 Å². The van der Waals surface area contributed by atoms with Gasteiger partial charge >= 0.3 is 0 Å². The summed E-state index contributed by atoms with van der Waals surface area (Å²) in [5.74, 6) is 1.15. The molecule has 0 saturated heterocycles. The molecule has 25 heavy (non-hydrogen) atoms. The van der Waals surface area contributed by atoms with Gasteiger partial charge < -0.3 is 14.8 Å². The van der Waals surface area contributed by atoms with Crippen molar-refractivity contribution in [3.63, 3.8) is 0 Å². The highest BCUT2D eigenvalue weighted by atomic mass is 32.2. The molecule has 3 aromatic rings. The number of para-hydroxylation sites is 1. The number of fused-ring (bicyclic) bond motifs is 1. The van der Waals surface area contributed by atoms with Crippen molar-refractivity contribution < 1.29 is 9.47 Å². The lowest BCUT2D eigenvalue weighted by molar-refractivity contribution is 0.358. The topological polar surface area (TPSA) is 67.2 Å². The number of pyridine rings is 1. The first-order chi connectivity index (χ1) is 12.2. The maximum atomic E-state index is 9.52. The maximum Gasteiger partial charge on any atom is 0.187 e. The van der Waals surface area contributed by atoms with Gasteiger partial charge in [-0.1, -0.05) is 12.1 Å². The summed E-state index contributed by atoms with van der Waals surface area (Å²) >= 11 is 1.64. The number of nitrogens with zero attached hydrogens (tertiary/aromatic N) is 2. The average Bonchev–Trinajstić information content (AvgIpc) is 2.67. The van der Waals surface area contributed by atoms with Crippen molar-refractivity contribution >= 4 is 34.0 Å². The van der Waals surface area contributed by atoms with Crippen LogP contribution in [-0.2, 0) is 0 Å². The quantitative estimate of drug-likeness (QED) is 0.678. The maximum absolute atomic E-state index is 9.52. The zero-order valence-corrected chi connectivity index (χ0v) is 15.0. The summed E-state index contributed by atoms with van der Waals surface area (Å²) in [7, 11) is 3.16. The van der Waals surface area contributed by atoms with E-state index in [9.17, 15) is 5.26 Å². The van der Waals surface area contributed by atoms with Crippen LogP contribution >= 0.6 is 11.8 Å². The van der Waals surface area contributed by atoms with E-state index >= 15 is 0 Å². The highest BCUT2D eigenvalue weighted by Crippen LogP contribution is 2.39. The van der Waals surface area contributed by atoms with E-state index in [4.69, 9.17) is 9.47 Å². The number of benzene rings is 2. The second kappa shape index (κ2) is 7.32. The first-order valence-electron chi connectivity index (χ1n) is 7.57. The Morgan fingerprint density at radius 2 is 1.92 bits per heavy atom. The summed E-state index contributed by atoms with van der Waals surface area (Å²) in [6.45, 7) is 0. The smallest absolute Gasteiger partial charge is 0.187 e. The van der Waals surface area contributed by atoms with Gasteiger partial charge in [-0.15, -0.1) is 11.8 Å². The first kappa shape index (κ1) is 16.9. The molecule has 6 heteroatoms. The zero-order chi connectivity index (χ0) is 17.8. The average molecular weight is 351 g/mol. The van der Waals surface area contributed by atoms with Crippen LogP contribution in [0.2, 0.25) is 0 Å². The van der Waals surface area contributed by atoms with Gasteiger partial charge in [0, 0.05) is 16.5 Å². The third kappa shape index (κ3) is 3.06. The molecule has 2 aromatic carbocycles. The molecule has 1 aromatic heterocycles. The Kier molecular flexibility index (Phi) is 4.96. The van der Waals surface area contributed by atoms with Crippen LogP contribution in [0.25, 0.3) is 10.9 Å². The van der Waals surface area contributed by atoms with Crippen molar-refractivity contribution in [3.8, 4) is 17.6 Å². The predicted molar refractivity (Wildman–Crippen MR) is 101 cm³/mol. The minimum absolute atomic E-state index is 0.468. The molecular formula is C19H17N3O2S. The standard InChI is InChI=1S/C19H17N3O2S/c1-23-15-9-8-13-17(22-14-6-4-5-7-16(14)25-3)12(10-20)11-21-18(13)19(15)24-2/h4-9,11H,1-3H3,(H,21,22). The highest BCUT2D eigenvalue weighted by Gasteiger charge is 2.16. The summed E-state index contributed by atoms with van der Waals surface area (Å²) in [5.41, 5.74) is 2.75. The fourth-order valence-corrected chi connectivity index (χ4v) is 3.23. The van der Waals surface area contributed by atoms with Gasteiger partial charge in [0.25, 0.3) is 0 Å². The Morgan fingerprint density at radius 3 is 2.60 bits per heavy atom. The number of rotatable bonds is 5. The van der Waals surface area contributed by atoms with Crippen LogP contribution in [0, 0.1) is 11.3 Å². The van der Waals surface area contributed by atoms with E-state index in [1.807, 2.05) is 42.7 Å². The number of ether oxygens (including phenoxy) is 2. The number of aromatic nitrogens is 1. The van der Waals surface area contributed by atoms with E-state index in [2.05, 4.69) is 16.4 Å². The second-order valence-electron chi connectivity index (χ2n) is 5.18. The summed E-state index contributed by atoms with van der Waals surface area (Å²) in [6.07, 6.45) is 3.57. The second-order valence-corrected chi connectivity index (χ2v) is 6.03. The molecule has 0 atom stereocenters. The molecule has 0 amide bonds. The number of anilines is 2. The minimum atomic E-state index is 0.468. The van der Waals surface area contributed by atoms with Crippen LogP contribution in [-0.4, -0.2) is 25.5 Å². The molecular weight excluding hydrogens is 334 g/mol. The number of hydrogen-bond donors (Lipinski definition) is 1. The summed E-state index contributed by atoms with van der Waals surface area (Å²) in [6, 6.07) is 13.9. The Bertz CT molecular complexity index is 967. The van der Waals surface area contributed by atoms with E-state index in [0.29, 0.717) is 28.3 Å². The molecule has 0 bridgehead atoms. The normalized spacial score (nSPS) is 10.3. The van der Waals surface area contributed by atoms with Crippen LogP contribution in [0.4, 0.5) is 11.4 Å². The lowest BCUT2D eigenvalue weighted by Crippen LogP contribution is -2.00. The number of thioether (sulfide) groups is 1. The van der Waals surface area contributed by atoms with Crippen LogP contribution in [0.5, 0.6) is 11.5 Å². The third-order valence-electron chi connectivity index (χ3n) is 3.87. The van der Waals surface area contributed by atoms with Gasteiger partial charge in [0.2, 0.25) is 0 Å². The molecule has 0 saturated carbocycles. The zero-order valence-electron chi connectivity index (χ0n) is 14.2. The summed E-state index contributed by atoms with van der Waals surface area (Å²) < 4.78 is 10.8. The summed E-state index contributed by atoms with van der Waals surface area (Å²) in [4.78, 5) is 5.50. The van der Waals surface area contributed by atoms with Crippen LogP contribution in [0.15, 0.2) is 47.5 Å².